The first kappa shape index (κ1) is 13.1. The summed E-state index contributed by atoms with van der Waals surface area (Å²) >= 11 is 5.75. The lowest BCUT2D eigenvalue weighted by atomic mass is 9.92. The van der Waals surface area contributed by atoms with Crippen LogP contribution in [0.2, 0.25) is 5.02 Å². The van der Waals surface area contributed by atoms with Gasteiger partial charge in [-0.15, -0.1) is 0 Å². The second-order valence-corrected chi connectivity index (χ2v) is 4.92. The van der Waals surface area contributed by atoms with Crippen LogP contribution in [0.5, 0.6) is 5.75 Å². The molecule has 102 valence electrons. The molecule has 0 radical (unpaired) electrons. The molecule has 0 saturated heterocycles. The minimum Gasteiger partial charge on any atom is -0.450 e. The van der Waals surface area contributed by atoms with E-state index in [0.717, 1.165) is 0 Å². The Morgan fingerprint density at radius 2 is 1.85 bits per heavy atom. The summed E-state index contributed by atoms with van der Waals surface area (Å²) in [6.07, 6.45) is -2.43. The lowest BCUT2D eigenvalue weighted by Crippen LogP contribution is -2.46. The third-order valence-electron chi connectivity index (χ3n) is 3.19. The Morgan fingerprint density at radius 3 is 2.55 bits per heavy atom. The first-order valence-electron chi connectivity index (χ1n) is 5.93. The fourth-order valence-corrected chi connectivity index (χ4v) is 2.34. The zero-order valence-corrected chi connectivity index (χ0v) is 10.9. The maximum Gasteiger partial charge on any atom is 0.312 e. The second-order valence-electron chi connectivity index (χ2n) is 4.48. The molecule has 0 N–H and O–H groups in total. The number of ether oxygens (including phenoxy) is 1. The minimum atomic E-state index is -2.82. The number of alkyl halides is 2. The summed E-state index contributed by atoms with van der Waals surface area (Å²) in [7, 11) is 0. The van der Waals surface area contributed by atoms with E-state index in [1.807, 2.05) is 0 Å². The van der Waals surface area contributed by atoms with Gasteiger partial charge in [-0.05, 0) is 18.2 Å². The summed E-state index contributed by atoms with van der Waals surface area (Å²) in [6, 6.07) is 11.6. The molecule has 0 spiro atoms. The quantitative estimate of drug-likeness (QED) is 0.792. The zero-order chi connectivity index (χ0) is 14.3. The molecule has 2 nitrogen and oxygen atoms in total. The van der Waals surface area contributed by atoms with E-state index in [1.165, 1.54) is 30.3 Å². The van der Waals surface area contributed by atoms with Crippen LogP contribution in [-0.4, -0.2) is 12.0 Å². The number of carbonyl (C=O) groups excluding carboxylic acids is 1. The summed E-state index contributed by atoms with van der Waals surface area (Å²) in [5.41, 5.74) is -0.0874. The maximum absolute atomic E-state index is 14.9. The molecule has 1 heterocycles. The van der Waals surface area contributed by atoms with Crippen LogP contribution in [0.4, 0.5) is 8.78 Å². The van der Waals surface area contributed by atoms with E-state index in [-0.39, 0.29) is 21.9 Å². The van der Waals surface area contributed by atoms with Crippen LogP contribution in [0.25, 0.3) is 0 Å². The average molecular weight is 295 g/mol. The predicted molar refractivity (Wildman–Crippen MR) is 70.5 cm³/mol. The summed E-state index contributed by atoms with van der Waals surface area (Å²) in [4.78, 5) is 12.0. The van der Waals surface area contributed by atoms with Gasteiger partial charge in [0.2, 0.25) is 12.0 Å². The van der Waals surface area contributed by atoms with E-state index in [9.17, 15) is 13.6 Å². The van der Waals surface area contributed by atoms with Gasteiger partial charge in [-0.25, -0.2) is 4.39 Å². The van der Waals surface area contributed by atoms with E-state index in [2.05, 4.69) is 0 Å². The molecule has 2 aromatic rings. The number of hydrogen-bond donors (Lipinski definition) is 0. The number of carbonyl (C=O) groups is 1. The summed E-state index contributed by atoms with van der Waals surface area (Å²) in [6.45, 7) is 0. The van der Waals surface area contributed by atoms with Crippen molar-refractivity contribution in [1.82, 2.24) is 0 Å². The van der Waals surface area contributed by atoms with Crippen molar-refractivity contribution in [1.29, 1.82) is 0 Å². The summed E-state index contributed by atoms with van der Waals surface area (Å²) < 4.78 is 34.2. The number of hydrogen-bond acceptors (Lipinski definition) is 2. The first-order chi connectivity index (χ1) is 9.52. The number of benzene rings is 2. The van der Waals surface area contributed by atoms with E-state index < -0.39 is 17.8 Å². The standard InChI is InChI=1S/C15H9ClF2O2/c16-10-6-7-12-11(8-10)13(19)14(17)15(18,20-12)9-4-2-1-3-5-9/h1-8,14H/t14-,15+/m1/s1. The number of halogens is 3. The molecule has 2 aromatic carbocycles. The highest BCUT2D eigenvalue weighted by Gasteiger charge is 2.52. The molecule has 3 rings (SSSR count). The van der Waals surface area contributed by atoms with Crippen molar-refractivity contribution in [3.05, 3.63) is 64.7 Å². The minimum absolute atomic E-state index is 0.0142. The largest absolute Gasteiger partial charge is 0.450 e. The Morgan fingerprint density at radius 1 is 1.15 bits per heavy atom. The Balaban J connectivity index is 2.13. The third-order valence-corrected chi connectivity index (χ3v) is 3.42. The van der Waals surface area contributed by atoms with Crippen molar-refractivity contribution in [3.8, 4) is 5.75 Å². The summed E-state index contributed by atoms with van der Waals surface area (Å²) in [5, 5.41) is 0.263. The van der Waals surface area contributed by atoms with E-state index in [0.29, 0.717) is 0 Å². The van der Waals surface area contributed by atoms with Crippen molar-refractivity contribution >= 4 is 17.4 Å². The molecule has 0 amide bonds. The lowest BCUT2D eigenvalue weighted by molar-refractivity contribution is -0.120. The molecule has 0 aliphatic carbocycles. The van der Waals surface area contributed by atoms with Gasteiger partial charge < -0.3 is 4.74 Å². The molecule has 0 unspecified atom stereocenters. The van der Waals surface area contributed by atoms with Gasteiger partial charge in [-0.1, -0.05) is 41.9 Å². The van der Waals surface area contributed by atoms with E-state index in [1.54, 1.807) is 18.2 Å². The fourth-order valence-electron chi connectivity index (χ4n) is 2.17. The highest BCUT2D eigenvalue weighted by Crippen LogP contribution is 2.43. The van der Waals surface area contributed by atoms with Crippen LogP contribution in [0.15, 0.2) is 48.5 Å². The van der Waals surface area contributed by atoms with Gasteiger partial charge in [-0.3, -0.25) is 4.79 Å². The molecule has 0 saturated carbocycles. The normalized spacial score (nSPS) is 24.9. The molecular weight excluding hydrogens is 286 g/mol. The first-order valence-corrected chi connectivity index (χ1v) is 6.31. The maximum atomic E-state index is 14.9. The van der Waals surface area contributed by atoms with Crippen molar-refractivity contribution in [2.24, 2.45) is 0 Å². The van der Waals surface area contributed by atoms with Gasteiger partial charge in [0.05, 0.1) is 5.56 Å². The van der Waals surface area contributed by atoms with Gasteiger partial charge in [0, 0.05) is 10.6 Å². The molecule has 5 heteroatoms. The van der Waals surface area contributed by atoms with Crippen LogP contribution >= 0.6 is 11.6 Å². The average Bonchev–Trinajstić information content (AvgIpc) is 2.47. The molecular formula is C15H9ClF2O2. The Kier molecular flexibility index (Phi) is 2.98. The SMILES string of the molecule is O=C1c2cc(Cl)ccc2O[C@@](F)(c2ccccc2)[C@@H]1F. The second kappa shape index (κ2) is 4.56. The van der Waals surface area contributed by atoms with Crippen molar-refractivity contribution in [3.63, 3.8) is 0 Å². The highest BCUT2D eigenvalue weighted by molar-refractivity contribution is 6.31. The monoisotopic (exact) mass is 294 g/mol. The van der Waals surface area contributed by atoms with Crippen LogP contribution in [0.1, 0.15) is 15.9 Å². The Labute approximate surface area is 118 Å². The van der Waals surface area contributed by atoms with Crippen molar-refractivity contribution in [2.75, 3.05) is 0 Å². The molecule has 0 fully saturated rings. The number of rotatable bonds is 1. The Hall–Kier alpha value is -1.94. The third kappa shape index (κ3) is 1.88. The smallest absolute Gasteiger partial charge is 0.312 e. The van der Waals surface area contributed by atoms with Crippen molar-refractivity contribution in [2.45, 2.75) is 12.0 Å². The highest BCUT2D eigenvalue weighted by atomic mass is 35.5. The Bertz CT molecular complexity index is 675. The van der Waals surface area contributed by atoms with Gasteiger partial charge in [0.25, 0.3) is 0 Å². The van der Waals surface area contributed by atoms with E-state index in [4.69, 9.17) is 16.3 Å². The zero-order valence-electron chi connectivity index (χ0n) is 10.1. The van der Waals surface area contributed by atoms with Crippen LogP contribution < -0.4 is 4.74 Å². The van der Waals surface area contributed by atoms with Gasteiger partial charge in [0.15, 0.2) is 0 Å². The number of fused-ring (bicyclic) bond motifs is 1. The predicted octanol–water partition coefficient (Wildman–Crippen LogP) is 4.08. The van der Waals surface area contributed by atoms with Gasteiger partial charge >= 0.3 is 5.85 Å². The van der Waals surface area contributed by atoms with E-state index >= 15 is 0 Å². The topological polar surface area (TPSA) is 26.3 Å². The van der Waals surface area contributed by atoms with Gasteiger partial charge in [0.1, 0.15) is 5.75 Å². The van der Waals surface area contributed by atoms with Crippen LogP contribution in [0.3, 0.4) is 0 Å². The molecule has 0 aromatic heterocycles. The fraction of sp³-hybridized carbons (Fsp3) is 0.133. The van der Waals surface area contributed by atoms with Crippen LogP contribution in [0, 0.1) is 0 Å². The number of Topliss-reactive ketones (excluding diaryl/α,β-unsaturated/α-hetero) is 1. The molecule has 20 heavy (non-hydrogen) atoms. The van der Waals surface area contributed by atoms with Crippen LogP contribution in [-0.2, 0) is 5.85 Å². The summed E-state index contributed by atoms with van der Waals surface area (Å²) in [5.74, 6) is -3.81. The lowest BCUT2D eigenvalue weighted by Gasteiger charge is -2.34. The van der Waals surface area contributed by atoms with Crippen molar-refractivity contribution < 1.29 is 18.3 Å². The molecule has 0 bridgehead atoms. The molecule has 1 aliphatic rings. The molecule has 2 atom stereocenters. The number of ketones is 1. The van der Waals surface area contributed by atoms with Gasteiger partial charge in [-0.2, -0.15) is 4.39 Å². The molecule has 1 aliphatic heterocycles.